The van der Waals surface area contributed by atoms with Crippen molar-refractivity contribution in [2.24, 2.45) is 5.73 Å². The average molecular weight is 205 g/mol. The van der Waals surface area contributed by atoms with Crippen LogP contribution in [0.3, 0.4) is 0 Å². The van der Waals surface area contributed by atoms with Gasteiger partial charge >= 0.3 is 11.9 Å². The first-order chi connectivity index (χ1) is 6.54. The zero-order valence-corrected chi connectivity index (χ0v) is 8.53. The van der Waals surface area contributed by atoms with Crippen molar-refractivity contribution in [2.45, 2.75) is 39.0 Å². The molecule has 14 heavy (non-hydrogen) atoms. The molecular weight excluding hydrogens is 186 g/mol. The number of rotatable bonds is 6. The standard InChI is InChI=1S/C5H8O4.C4H11N/c6-4(7)2-1-3-5(8)9;1-2-3-4-5/h1-3H2,(H,6,7)(H,8,9);2-5H2,1H3. The van der Waals surface area contributed by atoms with Crippen LogP contribution in [0.5, 0.6) is 0 Å². The van der Waals surface area contributed by atoms with Crippen LogP contribution in [-0.4, -0.2) is 28.7 Å². The van der Waals surface area contributed by atoms with E-state index in [0.29, 0.717) is 0 Å². The summed E-state index contributed by atoms with van der Waals surface area (Å²) in [6.07, 6.45) is 2.47. The third kappa shape index (κ3) is 22.4. The molecule has 0 heterocycles. The molecular formula is C9H19NO4. The highest BCUT2D eigenvalue weighted by Crippen LogP contribution is 1.93. The Hall–Kier alpha value is -1.10. The molecule has 0 spiro atoms. The summed E-state index contributed by atoms with van der Waals surface area (Å²) in [5, 5.41) is 16.1. The van der Waals surface area contributed by atoms with Crippen molar-refractivity contribution < 1.29 is 19.8 Å². The fraction of sp³-hybridized carbons (Fsp3) is 0.778. The molecule has 0 bridgehead atoms. The van der Waals surface area contributed by atoms with E-state index >= 15 is 0 Å². The van der Waals surface area contributed by atoms with E-state index in [1.807, 2.05) is 0 Å². The maximum atomic E-state index is 9.79. The smallest absolute Gasteiger partial charge is 0.303 e. The Labute approximate surface area is 83.9 Å². The topological polar surface area (TPSA) is 101 Å². The van der Waals surface area contributed by atoms with Crippen molar-refractivity contribution in [1.82, 2.24) is 0 Å². The first-order valence-corrected chi connectivity index (χ1v) is 4.68. The summed E-state index contributed by atoms with van der Waals surface area (Å²) in [5.41, 5.74) is 5.14. The van der Waals surface area contributed by atoms with Crippen molar-refractivity contribution in [3.63, 3.8) is 0 Å². The summed E-state index contributed by atoms with van der Waals surface area (Å²) >= 11 is 0. The number of carboxylic acids is 2. The van der Waals surface area contributed by atoms with E-state index in [2.05, 4.69) is 6.92 Å². The minimum absolute atomic E-state index is 0.0632. The molecule has 0 atom stereocenters. The van der Waals surface area contributed by atoms with Crippen molar-refractivity contribution >= 4 is 11.9 Å². The predicted octanol–water partition coefficient (Wildman–Crippen LogP) is 1.07. The fourth-order valence-corrected chi connectivity index (χ4v) is 0.595. The van der Waals surface area contributed by atoms with Gasteiger partial charge in [-0.3, -0.25) is 9.59 Å². The monoisotopic (exact) mass is 205 g/mol. The number of carbonyl (C=O) groups is 2. The van der Waals surface area contributed by atoms with E-state index in [-0.39, 0.29) is 19.3 Å². The lowest BCUT2D eigenvalue weighted by molar-refractivity contribution is -0.138. The minimum atomic E-state index is -0.948. The second-order valence-corrected chi connectivity index (χ2v) is 2.78. The summed E-state index contributed by atoms with van der Waals surface area (Å²) in [5.74, 6) is -1.90. The van der Waals surface area contributed by atoms with Gasteiger partial charge in [0.15, 0.2) is 0 Å². The van der Waals surface area contributed by atoms with E-state index in [1.165, 1.54) is 12.8 Å². The minimum Gasteiger partial charge on any atom is -0.481 e. The number of hydrogen-bond acceptors (Lipinski definition) is 3. The molecule has 0 aromatic heterocycles. The highest BCUT2D eigenvalue weighted by atomic mass is 16.4. The number of aliphatic carboxylic acids is 2. The Balaban J connectivity index is 0. The first-order valence-electron chi connectivity index (χ1n) is 4.68. The highest BCUT2D eigenvalue weighted by molar-refractivity contribution is 5.69. The Morgan fingerprint density at radius 2 is 1.50 bits per heavy atom. The highest BCUT2D eigenvalue weighted by Gasteiger charge is 1.99. The largest absolute Gasteiger partial charge is 0.481 e. The second-order valence-electron chi connectivity index (χ2n) is 2.78. The summed E-state index contributed by atoms with van der Waals surface area (Å²) in [6, 6.07) is 0. The van der Waals surface area contributed by atoms with Gasteiger partial charge in [0.1, 0.15) is 0 Å². The van der Waals surface area contributed by atoms with Crippen LogP contribution in [0.15, 0.2) is 0 Å². The molecule has 0 unspecified atom stereocenters. The Morgan fingerprint density at radius 3 is 1.64 bits per heavy atom. The predicted molar refractivity (Wildman–Crippen MR) is 53.1 cm³/mol. The van der Waals surface area contributed by atoms with Crippen molar-refractivity contribution in [3.8, 4) is 0 Å². The zero-order valence-electron chi connectivity index (χ0n) is 8.53. The van der Waals surface area contributed by atoms with Gasteiger partial charge in [0, 0.05) is 12.8 Å². The van der Waals surface area contributed by atoms with Crippen LogP contribution in [0, 0.1) is 0 Å². The van der Waals surface area contributed by atoms with E-state index in [9.17, 15) is 9.59 Å². The van der Waals surface area contributed by atoms with Crippen molar-refractivity contribution in [2.75, 3.05) is 6.54 Å². The van der Waals surface area contributed by atoms with Crippen molar-refractivity contribution in [1.29, 1.82) is 0 Å². The maximum Gasteiger partial charge on any atom is 0.303 e. The van der Waals surface area contributed by atoms with Crippen LogP contribution in [-0.2, 0) is 9.59 Å². The van der Waals surface area contributed by atoms with Gasteiger partial charge in [-0.25, -0.2) is 0 Å². The lowest BCUT2D eigenvalue weighted by Crippen LogP contribution is -1.98. The summed E-state index contributed by atoms with van der Waals surface area (Å²) < 4.78 is 0. The van der Waals surface area contributed by atoms with Crippen LogP contribution in [0.2, 0.25) is 0 Å². The number of carboxylic acid groups (broad SMARTS) is 2. The molecule has 5 nitrogen and oxygen atoms in total. The summed E-state index contributed by atoms with van der Waals surface area (Å²) in [4.78, 5) is 19.6. The van der Waals surface area contributed by atoms with E-state index in [0.717, 1.165) is 6.54 Å². The molecule has 4 N–H and O–H groups in total. The maximum absolute atomic E-state index is 9.79. The third-order valence-electron chi connectivity index (χ3n) is 1.34. The molecule has 0 aliphatic rings. The molecule has 0 aromatic carbocycles. The Kier molecular flexibility index (Phi) is 13.1. The van der Waals surface area contributed by atoms with Gasteiger partial charge < -0.3 is 15.9 Å². The molecule has 0 aromatic rings. The van der Waals surface area contributed by atoms with E-state index in [4.69, 9.17) is 15.9 Å². The molecule has 0 aliphatic carbocycles. The van der Waals surface area contributed by atoms with Crippen LogP contribution >= 0.6 is 0 Å². The normalized spacial score (nSPS) is 8.71. The molecule has 0 saturated carbocycles. The quantitative estimate of drug-likeness (QED) is 0.602. The van der Waals surface area contributed by atoms with Gasteiger partial charge in [-0.2, -0.15) is 0 Å². The SMILES string of the molecule is CCCCN.O=C(O)CCCC(=O)O. The molecule has 0 fully saturated rings. The number of nitrogens with two attached hydrogens (primary N) is 1. The van der Waals surface area contributed by atoms with E-state index < -0.39 is 11.9 Å². The van der Waals surface area contributed by atoms with E-state index in [1.54, 1.807) is 0 Å². The van der Waals surface area contributed by atoms with Gasteiger partial charge in [0.2, 0.25) is 0 Å². The first kappa shape index (κ1) is 15.4. The lowest BCUT2D eigenvalue weighted by atomic mass is 10.2. The van der Waals surface area contributed by atoms with Crippen LogP contribution in [0.1, 0.15) is 39.0 Å². The molecule has 0 radical (unpaired) electrons. The van der Waals surface area contributed by atoms with Crippen LogP contribution in [0.25, 0.3) is 0 Å². The summed E-state index contributed by atoms with van der Waals surface area (Å²) in [6.45, 7) is 2.98. The van der Waals surface area contributed by atoms with Gasteiger partial charge in [0.05, 0.1) is 0 Å². The Bertz CT molecular complexity index is 143. The molecule has 0 amide bonds. The second kappa shape index (κ2) is 11.9. The molecule has 84 valence electrons. The average Bonchev–Trinajstić information content (AvgIpc) is 2.05. The fourth-order valence-electron chi connectivity index (χ4n) is 0.595. The third-order valence-corrected chi connectivity index (χ3v) is 1.34. The van der Waals surface area contributed by atoms with Crippen molar-refractivity contribution in [3.05, 3.63) is 0 Å². The lowest BCUT2D eigenvalue weighted by Gasteiger charge is -1.89. The van der Waals surface area contributed by atoms with Crippen LogP contribution in [0.4, 0.5) is 0 Å². The summed E-state index contributed by atoms with van der Waals surface area (Å²) in [7, 11) is 0. The number of unbranched alkanes of at least 4 members (excludes halogenated alkanes) is 1. The van der Waals surface area contributed by atoms with Gasteiger partial charge in [0.25, 0.3) is 0 Å². The molecule has 0 saturated heterocycles. The Morgan fingerprint density at radius 1 is 1.07 bits per heavy atom. The van der Waals surface area contributed by atoms with Gasteiger partial charge in [-0.1, -0.05) is 13.3 Å². The van der Waals surface area contributed by atoms with Gasteiger partial charge in [-0.05, 0) is 19.4 Å². The molecule has 5 heteroatoms. The van der Waals surface area contributed by atoms with Crippen LogP contribution < -0.4 is 5.73 Å². The number of hydrogen-bond donors (Lipinski definition) is 3. The molecule has 0 rings (SSSR count). The zero-order chi connectivity index (χ0) is 11.4. The van der Waals surface area contributed by atoms with Gasteiger partial charge in [-0.15, -0.1) is 0 Å². The molecule has 0 aliphatic heterocycles.